The van der Waals surface area contributed by atoms with E-state index in [2.05, 4.69) is 10.6 Å². The van der Waals surface area contributed by atoms with Gasteiger partial charge in [-0.1, -0.05) is 23.7 Å². The first kappa shape index (κ1) is 22.1. The van der Waals surface area contributed by atoms with Crippen LogP contribution in [0, 0.1) is 0 Å². The van der Waals surface area contributed by atoms with Crippen molar-refractivity contribution >= 4 is 23.4 Å². The van der Waals surface area contributed by atoms with Crippen LogP contribution in [0.5, 0.6) is 5.75 Å². The quantitative estimate of drug-likeness (QED) is 0.669. The number of hydrogen-bond donors (Lipinski definition) is 2. The zero-order chi connectivity index (χ0) is 21.6. The average molecular weight is 431 g/mol. The van der Waals surface area contributed by atoms with Gasteiger partial charge in [-0.2, -0.15) is 0 Å². The van der Waals surface area contributed by atoms with E-state index >= 15 is 0 Å². The van der Waals surface area contributed by atoms with Crippen molar-refractivity contribution in [3.63, 3.8) is 0 Å². The third-order valence-corrected chi connectivity index (χ3v) is 5.14. The van der Waals surface area contributed by atoms with E-state index < -0.39 is 5.60 Å². The summed E-state index contributed by atoms with van der Waals surface area (Å²) >= 11 is 5.88. The fraction of sp³-hybridized carbons (Fsp3) is 0.391. The van der Waals surface area contributed by atoms with Crippen LogP contribution < -0.4 is 15.4 Å². The average Bonchev–Trinajstić information content (AvgIpc) is 3.25. The van der Waals surface area contributed by atoms with Crippen LogP contribution in [0.25, 0.3) is 0 Å². The molecule has 160 valence electrons. The van der Waals surface area contributed by atoms with Crippen molar-refractivity contribution < 1.29 is 19.1 Å². The third kappa shape index (κ3) is 6.21. The summed E-state index contributed by atoms with van der Waals surface area (Å²) < 4.78 is 11.3. The summed E-state index contributed by atoms with van der Waals surface area (Å²) in [4.78, 5) is 25.0. The molecule has 1 heterocycles. The van der Waals surface area contributed by atoms with E-state index in [0.29, 0.717) is 29.4 Å². The fourth-order valence-electron chi connectivity index (χ4n) is 3.18. The molecule has 0 aromatic heterocycles. The van der Waals surface area contributed by atoms with Crippen molar-refractivity contribution in [2.45, 2.75) is 44.9 Å². The molecule has 1 fully saturated rings. The second-order valence-corrected chi connectivity index (χ2v) is 8.23. The Labute approximate surface area is 181 Å². The molecule has 0 radical (unpaired) electrons. The van der Waals surface area contributed by atoms with E-state index in [1.165, 1.54) is 0 Å². The number of rotatable bonds is 8. The first-order chi connectivity index (χ1) is 14.3. The second kappa shape index (κ2) is 9.96. The summed E-state index contributed by atoms with van der Waals surface area (Å²) in [5.41, 5.74) is 0.316. The van der Waals surface area contributed by atoms with Crippen LogP contribution in [-0.4, -0.2) is 36.7 Å². The van der Waals surface area contributed by atoms with Gasteiger partial charge in [-0.25, -0.2) is 0 Å². The first-order valence-electron chi connectivity index (χ1n) is 10.0. The maximum atomic E-state index is 12.6. The summed E-state index contributed by atoms with van der Waals surface area (Å²) in [6, 6.07) is 14.1. The number of carbonyl (C=O) groups is 2. The van der Waals surface area contributed by atoms with Gasteiger partial charge < -0.3 is 20.1 Å². The highest BCUT2D eigenvalue weighted by Gasteiger charge is 2.29. The van der Waals surface area contributed by atoms with Crippen LogP contribution in [0.3, 0.4) is 0 Å². The highest BCUT2D eigenvalue weighted by atomic mass is 35.5. The van der Waals surface area contributed by atoms with E-state index in [0.717, 1.165) is 25.0 Å². The molecule has 6 nitrogen and oxygen atoms in total. The molecule has 2 amide bonds. The monoisotopic (exact) mass is 430 g/mol. The Kier molecular flexibility index (Phi) is 7.34. The standard InChI is InChI=1S/C23H27ClN2O4/c1-23(2,30-19-10-8-18(24)9-11-19)22(28)26-14-16-5-3-6-17(13-16)21(27)25-15-20-7-4-12-29-20/h3,5-6,8-11,13,20H,4,7,12,14-15H2,1-2H3,(H,25,27)(H,26,28). The molecule has 30 heavy (non-hydrogen) atoms. The van der Waals surface area contributed by atoms with E-state index in [9.17, 15) is 9.59 Å². The molecule has 0 aliphatic carbocycles. The lowest BCUT2D eigenvalue weighted by atomic mass is 10.1. The van der Waals surface area contributed by atoms with E-state index in [1.54, 1.807) is 56.3 Å². The van der Waals surface area contributed by atoms with Crippen LogP contribution >= 0.6 is 11.6 Å². The number of hydrogen-bond acceptors (Lipinski definition) is 4. The third-order valence-electron chi connectivity index (χ3n) is 4.89. The Bertz CT molecular complexity index is 877. The molecule has 2 aromatic rings. The minimum atomic E-state index is -1.07. The second-order valence-electron chi connectivity index (χ2n) is 7.79. The maximum absolute atomic E-state index is 12.6. The summed E-state index contributed by atoms with van der Waals surface area (Å²) in [7, 11) is 0. The minimum Gasteiger partial charge on any atom is -0.478 e. The predicted molar refractivity (Wildman–Crippen MR) is 116 cm³/mol. The lowest BCUT2D eigenvalue weighted by Crippen LogP contribution is -2.46. The molecular weight excluding hydrogens is 404 g/mol. The molecule has 0 saturated carbocycles. The van der Waals surface area contributed by atoms with Crippen LogP contribution in [0.15, 0.2) is 48.5 Å². The molecule has 1 aliphatic heterocycles. The Morgan fingerprint density at radius 2 is 1.93 bits per heavy atom. The van der Waals surface area contributed by atoms with Gasteiger partial charge in [0.05, 0.1) is 6.10 Å². The van der Waals surface area contributed by atoms with E-state index in [1.807, 2.05) is 6.07 Å². The molecule has 1 atom stereocenters. The summed E-state index contributed by atoms with van der Waals surface area (Å²) in [5, 5.41) is 6.38. The summed E-state index contributed by atoms with van der Waals surface area (Å²) in [6.45, 7) is 4.96. The van der Waals surface area contributed by atoms with Gasteiger partial charge in [0.1, 0.15) is 5.75 Å². The zero-order valence-electron chi connectivity index (χ0n) is 17.2. The number of ether oxygens (including phenoxy) is 2. The SMILES string of the molecule is CC(C)(Oc1ccc(Cl)cc1)C(=O)NCc1cccc(C(=O)NCC2CCCO2)c1. The molecular formula is C23H27ClN2O4. The summed E-state index contributed by atoms with van der Waals surface area (Å²) in [6.07, 6.45) is 2.10. The lowest BCUT2D eigenvalue weighted by molar-refractivity contribution is -0.134. The van der Waals surface area contributed by atoms with Crippen LogP contribution in [-0.2, 0) is 16.1 Å². The van der Waals surface area contributed by atoms with Gasteiger partial charge in [0.25, 0.3) is 11.8 Å². The number of amides is 2. The normalized spacial score (nSPS) is 16.2. The zero-order valence-corrected chi connectivity index (χ0v) is 18.0. The minimum absolute atomic E-state index is 0.0966. The molecule has 0 bridgehead atoms. The van der Waals surface area contributed by atoms with E-state index in [4.69, 9.17) is 21.1 Å². The topological polar surface area (TPSA) is 76.7 Å². The van der Waals surface area contributed by atoms with Gasteiger partial charge in [-0.15, -0.1) is 0 Å². The fourth-order valence-corrected chi connectivity index (χ4v) is 3.30. The van der Waals surface area contributed by atoms with Gasteiger partial charge in [-0.3, -0.25) is 9.59 Å². The van der Waals surface area contributed by atoms with Crippen molar-refractivity contribution in [1.29, 1.82) is 0 Å². The highest BCUT2D eigenvalue weighted by molar-refractivity contribution is 6.30. The van der Waals surface area contributed by atoms with Crippen LogP contribution in [0.4, 0.5) is 0 Å². The van der Waals surface area contributed by atoms with Gasteiger partial charge in [0, 0.05) is 30.3 Å². The lowest BCUT2D eigenvalue weighted by Gasteiger charge is -2.25. The van der Waals surface area contributed by atoms with Crippen molar-refractivity contribution in [2.24, 2.45) is 0 Å². The summed E-state index contributed by atoms with van der Waals surface area (Å²) in [5.74, 6) is 0.153. The molecule has 2 N–H and O–H groups in total. The van der Waals surface area contributed by atoms with Crippen LogP contribution in [0.2, 0.25) is 5.02 Å². The number of carbonyl (C=O) groups excluding carboxylic acids is 2. The Balaban J connectivity index is 1.52. The van der Waals surface area contributed by atoms with Crippen molar-refractivity contribution in [3.8, 4) is 5.75 Å². The number of halogens is 1. The Morgan fingerprint density at radius 3 is 2.63 bits per heavy atom. The Hall–Kier alpha value is -2.57. The largest absolute Gasteiger partial charge is 0.478 e. The molecule has 2 aromatic carbocycles. The Morgan fingerprint density at radius 1 is 1.17 bits per heavy atom. The number of benzene rings is 2. The maximum Gasteiger partial charge on any atom is 0.263 e. The molecule has 1 aliphatic rings. The molecule has 1 saturated heterocycles. The first-order valence-corrected chi connectivity index (χ1v) is 10.4. The van der Waals surface area contributed by atoms with Crippen molar-refractivity contribution in [2.75, 3.05) is 13.2 Å². The smallest absolute Gasteiger partial charge is 0.263 e. The highest BCUT2D eigenvalue weighted by Crippen LogP contribution is 2.21. The van der Waals surface area contributed by atoms with Gasteiger partial charge >= 0.3 is 0 Å². The van der Waals surface area contributed by atoms with Gasteiger partial charge in [0.15, 0.2) is 5.60 Å². The molecule has 0 spiro atoms. The molecule has 1 unspecified atom stereocenters. The predicted octanol–water partition coefficient (Wildman–Crippen LogP) is 3.72. The van der Waals surface area contributed by atoms with Crippen LogP contribution in [0.1, 0.15) is 42.6 Å². The van der Waals surface area contributed by atoms with Crippen molar-refractivity contribution in [1.82, 2.24) is 10.6 Å². The van der Waals surface area contributed by atoms with Crippen molar-refractivity contribution in [3.05, 3.63) is 64.7 Å². The molecule has 7 heteroatoms. The van der Waals surface area contributed by atoms with Gasteiger partial charge in [0.2, 0.25) is 0 Å². The molecule has 3 rings (SSSR count). The number of nitrogens with one attached hydrogen (secondary N) is 2. The van der Waals surface area contributed by atoms with E-state index in [-0.39, 0.29) is 17.9 Å². The van der Waals surface area contributed by atoms with Gasteiger partial charge in [-0.05, 0) is 68.7 Å².